The van der Waals surface area contributed by atoms with Gasteiger partial charge in [-0.15, -0.1) is 0 Å². The summed E-state index contributed by atoms with van der Waals surface area (Å²) in [5.41, 5.74) is 0. The van der Waals surface area contributed by atoms with Crippen LogP contribution in [0.25, 0.3) is 0 Å². The van der Waals surface area contributed by atoms with E-state index in [2.05, 4.69) is 55.4 Å². The Morgan fingerprint density at radius 2 is 0.466 bits per heavy atom. The molecule has 6 atom stereocenters. The zero-order valence-corrected chi connectivity index (χ0v) is 69.7. The molecule has 612 valence electrons. The van der Waals surface area contributed by atoms with Crippen molar-refractivity contribution in [3.63, 3.8) is 0 Å². The molecule has 0 saturated heterocycles. The molecule has 0 aromatic carbocycles. The third-order valence-corrected chi connectivity index (χ3v) is 21.8. The molecule has 3 unspecified atom stereocenters. The fourth-order valence-corrected chi connectivity index (χ4v) is 14.5. The molecular formula is C84H164O17P2. The number of hydrogen-bond acceptors (Lipinski definition) is 15. The quantitative estimate of drug-likeness (QED) is 0.0222. The summed E-state index contributed by atoms with van der Waals surface area (Å²) < 4.78 is 68.8. The standard InChI is InChI=1S/C84H164O17P2/c1-9-77(8)63-55-47-42-43-49-57-65-82(87)95-71-80(101-84(89)67-59-51-41-35-29-23-17-20-26-32-38-46-54-62-76(6)7)73-99-103(92,93)97-69-78(85)68-96-102(90,91)98-72-79(70-94-81(86)64-56-48-39-33-27-22-16-19-25-31-37-45-53-61-75(4)5)100-83(88)66-58-50-40-34-28-21-15-13-11-10-12-14-18-24-30-36-44-52-60-74(2)3/h74-80,85H,9-73H2,1-8H3,(H,90,91)(H,92,93)/t77?,78-,79-,80-/m1/s1. The molecule has 0 saturated carbocycles. The lowest BCUT2D eigenvalue weighted by molar-refractivity contribution is -0.161. The van der Waals surface area contributed by atoms with E-state index in [1.165, 1.54) is 231 Å². The number of ether oxygens (including phenoxy) is 4. The predicted molar refractivity (Wildman–Crippen MR) is 423 cm³/mol. The molecule has 0 spiro atoms. The second kappa shape index (κ2) is 72.9. The van der Waals surface area contributed by atoms with Crippen molar-refractivity contribution in [2.45, 2.75) is 453 Å². The van der Waals surface area contributed by atoms with E-state index in [1.54, 1.807) is 0 Å². The van der Waals surface area contributed by atoms with E-state index in [-0.39, 0.29) is 25.7 Å². The van der Waals surface area contributed by atoms with Gasteiger partial charge in [-0.2, -0.15) is 0 Å². The molecule has 17 nitrogen and oxygen atoms in total. The van der Waals surface area contributed by atoms with Gasteiger partial charge in [0.1, 0.15) is 19.3 Å². The second-order valence-electron chi connectivity index (χ2n) is 31.9. The SMILES string of the molecule is CCC(C)CCCCCCCCC(=O)OC[C@H](COP(=O)(O)OC[C@H](O)COP(=O)(O)OC[C@@H](COC(=O)CCCCCCCCCCCCCCCC(C)C)OC(=O)CCCCCCCCCCCCCCCCCCCCC(C)C)OC(=O)CCCCCCCCCCCCCCCC(C)C. The molecule has 0 bridgehead atoms. The number of unbranched alkanes of at least 4 members (excludes halogenated alkanes) is 46. The van der Waals surface area contributed by atoms with Crippen molar-refractivity contribution in [1.29, 1.82) is 0 Å². The van der Waals surface area contributed by atoms with E-state index in [1.807, 2.05) is 0 Å². The van der Waals surface area contributed by atoms with Crippen molar-refractivity contribution in [2.75, 3.05) is 39.6 Å². The fourth-order valence-electron chi connectivity index (χ4n) is 12.9. The molecule has 0 aromatic heterocycles. The van der Waals surface area contributed by atoms with E-state index >= 15 is 0 Å². The highest BCUT2D eigenvalue weighted by molar-refractivity contribution is 7.47. The summed E-state index contributed by atoms with van der Waals surface area (Å²) in [5, 5.41) is 10.7. The van der Waals surface area contributed by atoms with Gasteiger partial charge in [-0.3, -0.25) is 37.3 Å². The summed E-state index contributed by atoms with van der Waals surface area (Å²) in [6.45, 7) is 14.3. The minimum absolute atomic E-state index is 0.106. The zero-order chi connectivity index (χ0) is 76.0. The Hall–Kier alpha value is -1.94. The van der Waals surface area contributed by atoms with Gasteiger partial charge < -0.3 is 33.8 Å². The van der Waals surface area contributed by atoms with Gasteiger partial charge in [-0.1, -0.05) is 383 Å². The minimum atomic E-state index is -4.97. The summed E-state index contributed by atoms with van der Waals surface area (Å²) in [7, 11) is -9.93. The van der Waals surface area contributed by atoms with Crippen LogP contribution in [0.4, 0.5) is 0 Å². The van der Waals surface area contributed by atoms with Gasteiger partial charge in [0, 0.05) is 25.7 Å². The Morgan fingerprint density at radius 3 is 0.689 bits per heavy atom. The molecule has 0 amide bonds. The van der Waals surface area contributed by atoms with Crippen LogP contribution in [-0.2, 0) is 65.4 Å². The van der Waals surface area contributed by atoms with Crippen molar-refractivity contribution >= 4 is 39.5 Å². The molecule has 0 aliphatic rings. The van der Waals surface area contributed by atoms with Crippen molar-refractivity contribution < 1.29 is 80.2 Å². The number of phosphoric acid groups is 2. The van der Waals surface area contributed by atoms with E-state index in [0.717, 1.165) is 120 Å². The molecule has 0 aromatic rings. The van der Waals surface area contributed by atoms with Crippen LogP contribution >= 0.6 is 15.6 Å². The second-order valence-corrected chi connectivity index (χ2v) is 34.8. The van der Waals surface area contributed by atoms with E-state index in [4.69, 9.17) is 37.0 Å². The first-order chi connectivity index (χ1) is 49.6. The Kier molecular flexibility index (Phi) is 71.5. The lowest BCUT2D eigenvalue weighted by atomic mass is 10.00. The van der Waals surface area contributed by atoms with E-state index in [0.29, 0.717) is 25.7 Å². The van der Waals surface area contributed by atoms with Crippen LogP contribution in [-0.4, -0.2) is 96.7 Å². The third kappa shape index (κ3) is 76.6. The van der Waals surface area contributed by atoms with Crippen molar-refractivity contribution in [3.8, 4) is 0 Å². The molecular weight excluding hydrogens is 1340 g/mol. The van der Waals surface area contributed by atoms with Crippen LogP contribution in [0.5, 0.6) is 0 Å². The first-order valence-electron chi connectivity index (χ1n) is 43.2. The topological polar surface area (TPSA) is 237 Å². The molecule has 0 fully saturated rings. The van der Waals surface area contributed by atoms with Crippen LogP contribution in [0.15, 0.2) is 0 Å². The first-order valence-corrected chi connectivity index (χ1v) is 46.2. The van der Waals surface area contributed by atoms with Gasteiger partial charge >= 0.3 is 39.5 Å². The summed E-state index contributed by atoms with van der Waals surface area (Å²) in [6, 6.07) is 0. The molecule has 3 N–H and O–H groups in total. The lowest BCUT2D eigenvalue weighted by Gasteiger charge is -2.21. The maximum absolute atomic E-state index is 13.1. The third-order valence-electron chi connectivity index (χ3n) is 19.9. The van der Waals surface area contributed by atoms with Gasteiger partial charge in [-0.25, -0.2) is 9.13 Å². The maximum atomic E-state index is 13.1. The highest BCUT2D eigenvalue weighted by Crippen LogP contribution is 2.45. The number of rotatable bonds is 81. The van der Waals surface area contributed by atoms with Crippen LogP contribution in [0, 0.1) is 23.7 Å². The molecule has 19 heteroatoms. The average Bonchev–Trinajstić information content (AvgIpc) is 0.908. The Bertz CT molecular complexity index is 2010. The largest absolute Gasteiger partial charge is 0.472 e. The molecule has 0 radical (unpaired) electrons. The highest BCUT2D eigenvalue weighted by atomic mass is 31.2. The smallest absolute Gasteiger partial charge is 0.462 e. The number of esters is 4. The van der Waals surface area contributed by atoms with Crippen LogP contribution < -0.4 is 0 Å². The van der Waals surface area contributed by atoms with Crippen LogP contribution in [0.2, 0.25) is 0 Å². The van der Waals surface area contributed by atoms with Crippen molar-refractivity contribution in [3.05, 3.63) is 0 Å². The monoisotopic (exact) mass is 1510 g/mol. The number of carbonyl (C=O) groups excluding carboxylic acids is 4. The zero-order valence-electron chi connectivity index (χ0n) is 68.0. The summed E-state index contributed by atoms with van der Waals surface area (Å²) in [4.78, 5) is 73.1. The Labute approximate surface area is 632 Å². The Morgan fingerprint density at radius 1 is 0.272 bits per heavy atom. The minimum Gasteiger partial charge on any atom is -0.462 e. The van der Waals surface area contributed by atoms with Gasteiger partial charge in [0.05, 0.1) is 26.4 Å². The molecule has 0 aliphatic carbocycles. The number of aliphatic hydroxyl groups is 1. The van der Waals surface area contributed by atoms with E-state index < -0.39 is 97.5 Å². The van der Waals surface area contributed by atoms with Crippen LogP contribution in [0.1, 0.15) is 434 Å². The molecule has 0 rings (SSSR count). The van der Waals surface area contributed by atoms with Gasteiger partial charge in [0.2, 0.25) is 0 Å². The summed E-state index contributed by atoms with van der Waals surface area (Å²) >= 11 is 0. The van der Waals surface area contributed by atoms with Crippen LogP contribution in [0.3, 0.4) is 0 Å². The summed E-state index contributed by atoms with van der Waals surface area (Å²) in [6.07, 6.45) is 61.1. The Balaban J connectivity index is 5.23. The fraction of sp³-hybridized carbons (Fsp3) is 0.952. The van der Waals surface area contributed by atoms with Crippen molar-refractivity contribution in [2.24, 2.45) is 23.7 Å². The number of carbonyl (C=O) groups is 4. The molecule has 0 aliphatic heterocycles. The highest BCUT2D eigenvalue weighted by Gasteiger charge is 2.30. The normalized spacial score (nSPS) is 14.2. The lowest BCUT2D eigenvalue weighted by Crippen LogP contribution is -2.30. The number of aliphatic hydroxyl groups excluding tert-OH is 1. The molecule has 103 heavy (non-hydrogen) atoms. The van der Waals surface area contributed by atoms with Gasteiger partial charge in [0.25, 0.3) is 0 Å². The molecule has 0 heterocycles. The van der Waals surface area contributed by atoms with Crippen molar-refractivity contribution in [1.82, 2.24) is 0 Å². The predicted octanol–water partition coefficient (Wildman–Crippen LogP) is 25.2. The number of hydrogen-bond donors (Lipinski definition) is 3. The maximum Gasteiger partial charge on any atom is 0.472 e. The average molecular weight is 1510 g/mol. The van der Waals surface area contributed by atoms with E-state index in [9.17, 15) is 43.2 Å². The first kappa shape index (κ1) is 101. The van der Waals surface area contributed by atoms with Gasteiger partial charge in [0.15, 0.2) is 12.2 Å². The summed E-state index contributed by atoms with van der Waals surface area (Å²) in [5.74, 6) is 1.02. The van der Waals surface area contributed by atoms with Gasteiger partial charge in [-0.05, 0) is 49.4 Å². The number of phosphoric ester groups is 2.